The zero-order valence-corrected chi connectivity index (χ0v) is 10.3. The van der Waals surface area contributed by atoms with Gasteiger partial charge in [-0.3, -0.25) is 4.79 Å². The molecule has 0 spiro atoms. The van der Waals surface area contributed by atoms with Crippen LogP contribution < -0.4 is 5.32 Å². The van der Waals surface area contributed by atoms with E-state index in [1.54, 1.807) is 19.1 Å². The molecule has 3 nitrogen and oxygen atoms in total. The Morgan fingerprint density at radius 1 is 1.44 bits per heavy atom. The normalized spacial score (nSPS) is 10.7. The number of hydrogen-bond acceptors (Lipinski definition) is 3. The first kappa shape index (κ1) is 14.6. The van der Waals surface area contributed by atoms with E-state index in [0.717, 1.165) is 5.56 Å². The van der Waals surface area contributed by atoms with Crippen LogP contribution in [0, 0.1) is 0 Å². The van der Waals surface area contributed by atoms with E-state index < -0.39 is 6.43 Å². The summed E-state index contributed by atoms with van der Waals surface area (Å²) in [6, 6.07) is 6.22. The molecule has 100 valence electrons. The SMILES string of the molecule is CCOC(=O)CCNCc1cccc(C(F)F)c1. The minimum atomic E-state index is -2.45. The summed E-state index contributed by atoms with van der Waals surface area (Å²) in [5, 5.41) is 3.01. The standard InChI is InChI=1S/C13H17F2NO2/c1-2-18-12(17)6-7-16-9-10-4-3-5-11(8-10)13(14)15/h3-5,8,13,16H,2,6-7,9H2,1H3. The molecule has 1 aromatic rings. The molecule has 5 heteroatoms. The van der Waals surface area contributed by atoms with Gasteiger partial charge in [-0.1, -0.05) is 18.2 Å². The first-order chi connectivity index (χ1) is 8.63. The lowest BCUT2D eigenvalue weighted by atomic mass is 10.1. The fourth-order valence-corrected chi connectivity index (χ4v) is 1.50. The molecule has 1 aromatic carbocycles. The molecule has 0 amide bonds. The maximum atomic E-state index is 12.4. The van der Waals surface area contributed by atoms with Crippen LogP contribution in [-0.4, -0.2) is 19.1 Å². The number of nitrogens with one attached hydrogen (secondary N) is 1. The summed E-state index contributed by atoms with van der Waals surface area (Å²) in [6.07, 6.45) is -2.17. The topological polar surface area (TPSA) is 38.3 Å². The third kappa shape index (κ3) is 5.23. The lowest BCUT2D eigenvalue weighted by Crippen LogP contribution is -2.19. The predicted molar refractivity (Wildman–Crippen MR) is 64.4 cm³/mol. The van der Waals surface area contributed by atoms with Gasteiger partial charge in [0, 0.05) is 18.7 Å². The van der Waals surface area contributed by atoms with Crippen molar-refractivity contribution in [3.05, 3.63) is 35.4 Å². The Balaban J connectivity index is 2.31. The van der Waals surface area contributed by atoms with Crippen LogP contribution in [0.4, 0.5) is 8.78 Å². The Bertz CT molecular complexity index is 383. The molecule has 0 fully saturated rings. The van der Waals surface area contributed by atoms with E-state index in [2.05, 4.69) is 5.32 Å². The molecule has 0 aromatic heterocycles. The third-order valence-corrected chi connectivity index (χ3v) is 2.34. The molecule has 0 radical (unpaired) electrons. The number of carbonyl (C=O) groups is 1. The maximum absolute atomic E-state index is 12.4. The van der Waals surface area contributed by atoms with Crippen molar-refractivity contribution in [2.75, 3.05) is 13.2 Å². The van der Waals surface area contributed by atoms with Crippen molar-refractivity contribution >= 4 is 5.97 Å². The smallest absolute Gasteiger partial charge is 0.307 e. The monoisotopic (exact) mass is 257 g/mol. The second kappa shape index (κ2) is 7.76. The molecular weight excluding hydrogens is 240 g/mol. The van der Waals surface area contributed by atoms with Gasteiger partial charge in [0.25, 0.3) is 6.43 Å². The second-order valence-corrected chi connectivity index (χ2v) is 3.78. The zero-order chi connectivity index (χ0) is 13.4. The summed E-state index contributed by atoms with van der Waals surface area (Å²) in [4.78, 5) is 11.0. The molecule has 0 bridgehead atoms. The van der Waals surface area contributed by atoms with E-state index in [4.69, 9.17) is 4.74 Å². The van der Waals surface area contributed by atoms with Gasteiger partial charge in [-0.25, -0.2) is 8.78 Å². The average molecular weight is 257 g/mol. The summed E-state index contributed by atoms with van der Waals surface area (Å²) in [5.74, 6) is -0.258. The van der Waals surface area contributed by atoms with Crippen molar-refractivity contribution < 1.29 is 18.3 Å². The van der Waals surface area contributed by atoms with Gasteiger partial charge in [-0.05, 0) is 18.6 Å². The molecule has 18 heavy (non-hydrogen) atoms. The van der Waals surface area contributed by atoms with Gasteiger partial charge in [0.05, 0.1) is 13.0 Å². The van der Waals surface area contributed by atoms with Crippen LogP contribution in [0.1, 0.15) is 30.9 Å². The summed E-state index contributed by atoms with van der Waals surface area (Å²) in [5.41, 5.74) is 0.788. The highest BCUT2D eigenvalue weighted by Crippen LogP contribution is 2.19. The molecule has 0 heterocycles. The number of ether oxygens (including phenoxy) is 1. The minimum absolute atomic E-state index is 0.0136. The Kier molecular flexibility index (Phi) is 6.28. The van der Waals surface area contributed by atoms with Gasteiger partial charge >= 0.3 is 5.97 Å². The molecule has 0 aliphatic carbocycles. The number of halogens is 2. The number of benzene rings is 1. The van der Waals surface area contributed by atoms with Crippen LogP contribution in [0.15, 0.2) is 24.3 Å². The fraction of sp³-hybridized carbons (Fsp3) is 0.462. The first-order valence-corrected chi connectivity index (χ1v) is 5.86. The molecule has 0 saturated carbocycles. The van der Waals surface area contributed by atoms with Crippen molar-refractivity contribution in [3.8, 4) is 0 Å². The summed E-state index contributed by atoms with van der Waals surface area (Å²) < 4.78 is 29.7. The Hall–Kier alpha value is -1.49. The summed E-state index contributed by atoms with van der Waals surface area (Å²) in [7, 11) is 0. The molecule has 1 rings (SSSR count). The van der Waals surface area contributed by atoms with E-state index in [9.17, 15) is 13.6 Å². The van der Waals surface area contributed by atoms with Gasteiger partial charge < -0.3 is 10.1 Å². The van der Waals surface area contributed by atoms with Crippen molar-refractivity contribution in [1.82, 2.24) is 5.32 Å². The predicted octanol–water partition coefficient (Wildman–Crippen LogP) is 2.67. The van der Waals surface area contributed by atoms with Gasteiger partial charge in [0.15, 0.2) is 0 Å². The van der Waals surface area contributed by atoms with Gasteiger partial charge in [-0.2, -0.15) is 0 Å². The average Bonchev–Trinajstić information content (AvgIpc) is 2.35. The van der Waals surface area contributed by atoms with Crippen molar-refractivity contribution in [3.63, 3.8) is 0 Å². The molecule has 0 aliphatic heterocycles. The van der Waals surface area contributed by atoms with Crippen LogP contribution in [-0.2, 0) is 16.1 Å². The summed E-state index contributed by atoms with van der Waals surface area (Å²) >= 11 is 0. The molecular formula is C13H17F2NO2. The van der Waals surface area contributed by atoms with Crippen LogP contribution in [0.5, 0.6) is 0 Å². The van der Waals surface area contributed by atoms with E-state index in [1.807, 2.05) is 0 Å². The number of esters is 1. The largest absolute Gasteiger partial charge is 0.466 e. The second-order valence-electron chi connectivity index (χ2n) is 3.78. The molecule has 0 aliphatic rings. The van der Waals surface area contributed by atoms with Crippen LogP contribution in [0.2, 0.25) is 0 Å². The van der Waals surface area contributed by atoms with E-state index in [1.165, 1.54) is 12.1 Å². The number of alkyl halides is 2. The lowest BCUT2D eigenvalue weighted by Gasteiger charge is -2.06. The molecule has 1 N–H and O–H groups in total. The number of rotatable bonds is 7. The maximum Gasteiger partial charge on any atom is 0.307 e. The zero-order valence-electron chi connectivity index (χ0n) is 10.3. The molecule has 0 saturated heterocycles. The number of carbonyl (C=O) groups excluding carboxylic acids is 1. The highest BCUT2D eigenvalue weighted by Gasteiger charge is 2.06. The van der Waals surface area contributed by atoms with E-state index in [0.29, 0.717) is 19.7 Å². The van der Waals surface area contributed by atoms with Crippen molar-refractivity contribution in [1.29, 1.82) is 0 Å². The molecule has 0 unspecified atom stereocenters. The van der Waals surface area contributed by atoms with Crippen LogP contribution >= 0.6 is 0 Å². The van der Waals surface area contributed by atoms with Crippen molar-refractivity contribution in [2.24, 2.45) is 0 Å². The van der Waals surface area contributed by atoms with Crippen LogP contribution in [0.3, 0.4) is 0 Å². The van der Waals surface area contributed by atoms with E-state index in [-0.39, 0.29) is 18.0 Å². The van der Waals surface area contributed by atoms with Crippen molar-refractivity contribution in [2.45, 2.75) is 26.3 Å². The lowest BCUT2D eigenvalue weighted by molar-refractivity contribution is -0.142. The highest BCUT2D eigenvalue weighted by molar-refractivity contribution is 5.69. The Labute approximate surface area is 105 Å². The van der Waals surface area contributed by atoms with Gasteiger partial charge in [0.1, 0.15) is 0 Å². The fourth-order valence-electron chi connectivity index (χ4n) is 1.50. The number of hydrogen-bond donors (Lipinski definition) is 1. The Morgan fingerprint density at radius 2 is 2.22 bits per heavy atom. The minimum Gasteiger partial charge on any atom is -0.466 e. The van der Waals surface area contributed by atoms with Crippen LogP contribution in [0.25, 0.3) is 0 Å². The van der Waals surface area contributed by atoms with Gasteiger partial charge in [-0.15, -0.1) is 0 Å². The Morgan fingerprint density at radius 3 is 2.89 bits per heavy atom. The van der Waals surface area contributed by atoms with Gasteiger partial charge in [0.2, 0.25) is 0 Å². The third-order valence-electron chi connectivity index (χ3n) is 2.34. The van der Waals surface area contributed by atoms with E-state index >= 15 is 0 Å². The first-order valence-electron chi connectivity index (χ1n) is 5.86. The summed E-state index contributed by atoms with van der Waals surface area (Å²) in [6.45, 7) is 3.05. The quantitative estimate of drug-likeness (QED) is 0.603. The molecule has 0 atom stereocenters. The highest BCUT2D eigenvalue weighted by atomic mass is 19.3.